The molecule has 1 fully saturated rings. The first-order chi connectivity index (χ1) is 6.83. The summed E-state index contributed by atoms with van der Waals surface area (Å²) in [6, 6.07) is 0. The van der Waals surface area contributed by atoms with Gasteiger partial charge in [0.1, 0.15) is 0 Å². The van der Waals surface area contributed by atoms with Gasteiger partial charge in [-0.25, -0.2) is 0 Å². The van der Waals surface area contributed by atoms with E-state index in [9.17, 15) is 0 Å². The molecule has 0 radical (unpaired) electrons. The molecule has 0 N–H and O–H groups in total. The van der Waals surface area contributed by atoms with E-state index in [0.29, 0.717) is 13.2 Å². The van der Waals surface area contributed by atoms with E-state index in [1.54, 1.807) is 0 Å². The van der Waals surface area contributed by atoms with Gasteiger partial charge >= 0.3 is 0 Å². The maximum absolute atomic E-state index is 5.91. The highest BCUT2D eigenvalue weighted by atomic mass is 127. The lowest BCUT2D eigenvalue weighted by molar-refractivity contribution is -0.106. The highest BCUT2D eigenvalue weighted by Gasteiger charge is 2.32. The van der Waals surface area contributed by atoms with Gasteiger partial charge in [0.2, 0.25) is 0 Å². The van der Waals surface area contributed by atoms with Crippen LogP contribution in [0.4, 0.5) is 0 Å². The number of rotatable bonds is 6. The van der Waals surface area contributed by atoms with E-state index in [-0.39, 0.29) is 5.60 Å². The molecule has 0 atom stereocenters. The summed E-state index contributed by atoms with van der Waals surface area (Å²) in [7, 11) is 0. The molecule has 1 heterocycles. The van der Waals surface area contributed by atoms with E-state index in [1.807, 2.05) is 6.92 Å². The number of halogens is 1. The molecule has 14 heavy (non-hydrogen) atoms. The lowest BCUT2D eigenvalue weighted by atomic mass is 9.97. The van der Waals surface area contributed by atoms with Gasteiger partial charge in [0.25, 0.3) is 0 Å². The lowest BCUT2D eigenvalue weighted by Crippen LogP contribution is -2.41. The number of hydrogen-bond donors (Lipinski definition) is 0. The SMILES string of the molecule is CCOCCOC1(CI)CCOCC1. The van der Waals surface area contributed by atoms with E-state index in [0.717, 1.165) is 37.1 Å². The van der Waals surface area contributed by atoms with Gasteiger partial charge in [0, 0.05) is 37.1 Å². The molecule has 4 heteroatoms. The summed E-state index contributed by atoms with van der Waals surface area (Å²) in [6.45, 7) is 5.84. The second-order valence-electron chi connectivity index (χ2n) is 3.47. The second-order valence-corrected chi connectivity index (χ2v) is 4.24. The maximum atomic E-state index is 5.91. The molecule has 84 valence electrons. The zero-order chi connectivity index (χ0) is 10.3. The molecule has 0 bridgehead atoms. The number of hydrogen-bond acceptors (Lipinski definition) is 3. The minimum atomic E-state index is 0.0515. The molecule has 0 aromatic carbocycles. The first kappa shape index (κ1) is 12.7. The van der Waals surface area contributed by atoms with Crippen LogP contribution >= 0.6 is 22.6 Å². The van der Waals surface area contributed by atoms with Crippen LogP contribution in [0.25, 0.3) is 0 Å². The molecule has 0 aliphatic carbocycles. The van der Waals surface area contributed by atoms with Crippen LogP contribution in [0.15, 0.2) is 0 Å². The first-order valence-corrected chi connectivity index (χ1v) is 6.71. The molecule has 0 aromatic rings. The van der Waals surface area contributed by atoms with E-state index < -0.39 is 0 Å². The monoisotopic (exact) mass is 314 g/mol. The predicted molar refractivity (Wildman–Crippen MR) is 64.1 cm³/mol. The summed E-state index contributed by atoms with van der Waals surface area (Å²) < 4.78 is 17.5. The third-order valence-corrected chi connectivity index (χ3v) is 3.88. The minimum absolute atomic E-state index is 0.0515. The highest BCUT2D eigenvalue weighted by Crippen LogP contribution is 2.27. The Bertz CT molecular complexity index is 146. The summed E-state index contributed by atoms with van der Waals surface area (Å²) >= 11 is 2.40. The van der Waals surface area contributed by atoms with Crippen LogP contribution in [0.3, 0.4) is 0 Å². The maximum Gasteiger partial charge on any atom is 0.0816 e. The zero-order valence-electron chi connectivity index (χ0n) is 8.76. The van der Waals surface area contributed by atoms with E-state index in [4.69, 9.17) is 14.2 Å². The fourth-order valence-corrected chi connectivity index (χ4v) is 2.50. The van der Waals surface area contributed by atoms with Crippen LogP contribution in [-0.4, -0.2) is 43.1 Å². The van der Waals surface area contributed by atoms with Crippen LogP contribution in [-0.2, 0) is 14.2 Å². The molecule has 1 aliphatic rings. The summed E-state index contributed by atoms with van der Waals surface area (Å²) in [5.74, 6) is 0. The largest absolute Gasteiger partial charge is 0.381 e. The molecule has 0 unspecified atom stereocenters. The quantitative estimate of drug-likeness (QED) is 0.426. The average Bonchev–Trinajstić information content (AvgIpc) is 2.26. The fraction of sp³-hybridized carbons (Fsp3) is 1.00. The van der Waals surface area contributed by atoms with Gasteiger partial charge in [-0.15, -0.1) is 0 Å². The number of alkyl halides is 1. The van der Waals surface area contributed by atoms with E-state index in [2.05, 4.69) is 22.6 Å². The van der Waals surface area contributed by atoms with E-state index >= 15 is 0 Å². The van der Waals surface area contributed by atoms with Gasteiger partial charge in [0.05, 0.1) is 18.8 Å². The van der Waals surface area contributed by atoms with Crippen molar-refractivity contribution in [2.75, 3.05) is 37.5 Å². The van der Waals surface area contributed by atoms with Gasteiger partial charge in [-0.2, -0.15) is 0 Å². The standard InChI is InChI=1S/C10H19IO3/c1-2-12-7-8-14-10(9-11)3-5-13-6-4-10/h2-9H2,1H3. The van der Waals surface area contributed by atoms with Gasteiger partial charge < -0.3 is 14.2 Å². The normalized spacial score (nSPS) is 21.0. The summed E-state index contributed by atoms with van der Waals surface area (Å²) in [5.41, 5.74) is 0.0515. The van der Waals surface area contributed by atoms with Crippen molar-refractivity contribution in [1.29, 1.82) is 0 Å². The van der Waals surface area contributed by atoms with Crippen molar-refractivity contribution in [1.82, 2.24) is 0 Å². The molecular weight excluding hydrogens is 295 g/mol. The van der Waals surface area contributed by atoms with Crippen LogP contribution in [0.1, 0.15) is 19.8 Å². The summed E-state index contributed by atoms with van der Waals surface area (Å²) in [4.78, 5) is 0. The van der Waals surface area contributed by atoms with Crippen LogP contribution < -0.4 is 0 Å². The fourth-order valence-electron chi connectivity index (χ4n) is 1.52. The molecule has 0 amide bonds. The summed E-state index contributed by atoms with van der Waals surface area (Å²) in [5, 5.41) is 0. The van der Waals surface area contributed by atoms with Crippen molar-refractivity contribution < 1.29 is 14.2 Å². The van der Waals surface area contributed by atoms with Crippen molar-refractivity contribution in [2.24, 2.45) is 0 Å². The highest BCUT2D eigenvalue weighted by molar-refractivity contribution is 14.1. The van der Waals surface area contributed by atoms with Crippen LogP contribution in [0, 0.1) is 0 Å². The molecular formula is C10H19IO3. The number of ether oxygens (including phenoxy) is 3. The third-order valence-electron chi connectivity index (χ3n) is 2.49. The minimum Gasteiger partial charge on any atom is -0.381 e. The van der Waals surface area contributed by atoms with Crippen LogP contribution in [0.5, 0.6) is 0 Å². The zero-order valence-corrected chi connectivity index (χ0v) is 10.9. The molecule has 0 spiro atoms. The lowest BCUT2D eigenvalue weighted by Gasteiger charge is -2.35. The van der Waals surface area contributed by atoms with Crippen molar-refractivity contribution >= 4 is 22.6 Å². The predicted octanol–water partition coefficient (Wildman–Crippen LogP) is 2.02. The topological polar surface area (TPSA) is 27.7 Å². The molecule has 0 aromatic heterocycles. The Labute approximate surface area is 99.6 Å². The Morgan fingerprint density at radius 1 is 1.29 bits per heavy atom. The van der Waals surface area contributed by atoms with Crippen molar-refractivity contribution in [3.05, 3.63) is 0 Å². The van der Waals surface area contributed by atoms with Gasteiger partial charge in [-0.05, 0) is 6.92 Å². The molecule has 1 aliphatic heterocycles. The third kappa shape index (κ3) is 4.00. The Hall–Kier alpha value is 0.610. The van der Waals surface area contributed by atoms with Crippen molar-refractivity contribution in [3.63, 3.8) is 0 Å². The Kier molecular flexibility index (Phi) is 6.32. The second kappa shape index (κ2) is 6.98. The smallest absolute Gasteiger partial charge is 0.0816 e. The van der Waals surface area contributed by atoms with Crippen molar-refractivity contribution in [3.8, 4) is 0 Å². The Balaban J connectivity index is 2.22. The molecule has 1 rings (SSSR count). The molecule has 0 saturated carbocycles. The van der Waals surface area contributed by atoms with Gasteiger partial charge in [-0.3, -0.25) is 0 Å². The first-order valence-electron chi connectivity index (χ1n) is 5.18. The Morgan fingerprint density at radius 3 is 2.57 bits per heavy atom. The van der Waals surface area contributed by atoms with Gasteiger partial charge in [0.15, 0.2) is 0 Å². The molecule has 1 saturated heterocycles. The van der Waals surface area contributed by atoms with Gasteiger partial charge in [-0.1, -0.05) is 22.6 Å². The average molecular weight is 314 g/mol. The summed E-state index contributed by atoms with van der Waals surface area (Å²) in [6.07, 6.45) is 2.03. The van der Waals surface area contributed by atoms with Crippen molar-refractivity contribution in [2.45, 2.75) is 25.4 Å². The molecule has 3 nitrogen and oxygen atoms in total. The van der Waals surface area contributed by atoms with E-state index in [1.165, 1.54) is 0 Å². The van der Waals surface area contributed by atoms with Crippen LogP contribution in [0.2, 0.25) is 0 Å². The Morgan fingerprint density at radius 2 is 2.00 bits per heavy atom.